The van der Waals surface area contributed by atoms with E-state index in [4.69, 9.17) is 6.23 Å². The van der Waals surface area contributed by atoms with Gasteiger partial charge < -0.3 is 0 Å². The van der Waals surface area contributed by atoms with Crippen LogP contribution in [0.4, 0.5) is 0 Å². The standard InChI is InChI=1S/C8H16I2NO5/c1-9(2)16-11-7(12)5-6(8(11)13)15-10(3,4)14/h6,14H,5H2,1-4H3/q-1. The van der Waals surface area contributed by atoms with Gasteiger partial charge >= 0.3 is 108 Å². The first-order valence-electron chi connectivity index (χ1n) is 4.31. The Bertz CT molecular complexity index is 301. The number of hydroxylamine groups is 2. The third-order valence-electron chi connectivity index (χ3n) is 1.59. The Hall–Kier alpha value is 0.480. The monoisotopic (exact) mass is 460 g/mol. The summed E-state index contributed by atoms with van der Waals surface area (Å²) in [5.74, 6) is -0.868. The number of nitrogens with zero attached hydrogens (tertiary/aromatic N) is 1. The van der Waals surface area contributed by atoms with Gasteiger partial charge in [0, 0.05) is 0 Å². The van der Waals surface area contributed by atoms with Gasteiger partial charge in [0.25, 0.3) is 0 Å². The molecule has 8 heteroatoms. The van der Waals surface area contributed by atoms with Crippen molar-refractivity contribution in [2.45, 2.75) is 12.5 Å². The second kappa shape index (κ2) is 5.42. The fraction of sp³-hybridized carbons (Fsp3) is 0.750. The molecule has 0 aliphatic carbocycles. The maximum absolute atomic E-state index is 11.7. The normalized spacial score (nSPS) is 23.9. The number of amides is 2. The number of rotatable bonds is 4. The van der Waals surface area contributed by atoms with E-state index in [0.29, 0.717) is 0 Å². The number of hydrogen-bond donors (Lipinski definition) is 1. The summed E-state index contributed by atoms with van der Waals surface area (Å²) >= 11 is -4.87. The predicted octanol–water partition coefficient (Wildman–Crippen LogP) is -3.01. The molecule has 0 aromatic heterocycles. The molecule has 1 atom stereocenters. The summed E-state index contributed by atoms with van der Waals surface area (Å²) < 4.78 is 20.1. The van der Waals surface area contributed by atoms with Crippen LogP contribution < -0.4 is 19.3 Å². The van der Waals surface area contributed by atoms with E-state index in [2.05, 4.69) is 0 Å². The Balaban J connectivity index is 2.67. The molecule has 0 saturated carbocycles. The van der Waals surface area contributed by atoms with Crippen LogP contribution in [-0.2, 0) is 15.8 Å². The van der Waals surface area contributed by atoms with Crippen LogP contribution in [0.15, 0.2) is 0 Å². The van der Waals surface area contributed by atoms with E-state index >= 15 is 0 Å². The third-order valence-corrected chi connectivity index (χ3v) is 4.63. The van der Waals surface area contributed by atoms with Crippen LogP contribution >= 0.6 is 20.2 Å². The van der Waals surface area contributed by atoms with Crippen LogP contribution in [0.3, 0.4) is 0 Å². The van der Waals surface area contributed by atoms with Crippen LogP contribution in [-0.4, -0.2) is 46.1 Å². The summed E-state index contributed by atoms with van der Waals surface area (Å²) in [5, 5.41) is 0.808. The summed E-state index contributed by atoms with van der Waals surface area (Å²) in [6.45, 7) is 0. The fourth-order valence-electron chi connectivity index (χ4n) is 1.13. The SMILES string of the molecule is CI(C)ON1C(=O)CC(O[I-](C)(C)O)C1=O. The van der Waals surface area contributed by atoms with E-state index in [1.807, 2.05) is 9.86 Å². The molecule has 0 spiro atoms. The van der Waals surface area contributed by atoms with Crippen molar-refractivity contribution in [3.8, 4) is 0 Å². The Kier molecular flexibility index (Phi) is 4.92. The number of alkyl halides is 4. The summed E-state index contributed by atoms with van der Waals surface area (Å²) in [5.41, 5.74) is 0. The van der Waals surface area contributed by atoms with Crippen molar-refractivity contribution >= 4 is 32.0 Å². The van der Waals surface area contributed by atoms with E-state index in [1.165, 1.54) is 0 Å². The molecule has 0 radical (unpaired) electrons. The van der Waals surface area contributed by atoms with E-state index < -0.39 is 51.5 Å². The fourth-order valence-corrected chi connectivity index (χ4v) is 4.23. The van der Waals surface area contributed by atoms with Gasteiger partial charge in [-0.1, -0.05) is 0 Å². The first-order chi connectivity index (χ1) is 7.20. The summed E-state index contributed by atoms with van der Waals surface area (Å²) in [6.07, 6.45) is -0.893. The quantitative estimate of drug-likeness (QED) is 0.275. The van der Waals surface area contributed by atoms with Gasteiger partial charge in [-0.05, 0) is 0 Å². The molecule has 98 valence electrons. The zero-order chi connectivity index (χ0) is 12.5. The van der Waals surface area contributed by atoms with Gasteiger partial charge in [-0.3, -0.25) is 0 Å². The molecule has 1 heterocycles. The van der Waals surface area contributed by atoms with E-state index in [9.17, 15) is 13.0 Å². The molecule has 1 unspecified atom stereocenters. The first-order valence-corrected chi connectivity index (χ1v) is 15.7. The van der Waals surface area contributed by atoms with Gasteiger partial charge in [0.2, 0.25) is 0 Å². The van der Waals surface area contributed by atoms with Gasteiger partial charge in [0.15, 0.2) is 0 Å². The number of halogens is 2. The molecule has 0 aromatic carbocycles. The Labute approximate surface area is 107 Å². The van der Waals surface area contributed by atoms with Gasteiger partial charge in [0.05, 0.1) is 0 Å². The van der Waals surface area contributed by atoms with E-state index in [0.717, 1.165) is 5.06 Å². The van der Waals surface area contributed by atoms with Crippen molar-refractivity contribution in [3.05, 3.63) is 0 Å². The van der Waals surface area contributed by atoms with Crippen molar-refractivity contribution in [2.75, 3.05) is 19.7 Å². The molecule has 1 saturated heterocycles. The van der Waals surface area contributed by atoms with Crippen molar-refractivity contribution in [1.82, 2.24) is 5.06 Å². The zero-order valence-electron chi connectivity index (χ0n) is 9.57. The average Bonchev–Trinajstić information content (AvgIpc) is 2.29. The molecule has 1 rings (SSSR count). The van der Waals surface area contributed by atoms with Gasteiger partial charge in [-0.2, -0.15) is 0 Å². The topological polar surface area (TPSA) is 76.1 Å². The average molecular weight is 460 g/mol. The summed E-state index contributed by atoms with van der Waals surface area (Å²) in [4.78, 5) is 30.1. The van der Waals surface area contributed by atoms with Crippen molar-refractivity contribution < 1.29 is 38.5 Å². The van der Waals surface area contributed by atoms with Crippen LogP contribution in [0.5, 0.6) is 0 Å². The van der Waals surface area contributed by atoms with Crippen LogP contribution in [0, 0.1) is 0 Å². The minimum atomic E-state index is -3.21. The number of hydrogen-bond acceptors (Lipinski definition) is 5. The molecular formula is C8H16I2NO5-. The third kappa shape index (κ3) is 4.05. The molecule has 1 aliphatic rings. The molecule has 0 aromatic rings. The molecule has 6 nitrogen and oxygen atoms in total. The number of carbonyl (C=O) groups is 2. The van der Waals surface area contributed by atoms with Crippen LogP contribution in [0.1, 0.15) is 6.42 Å². The Morgan fingerprint density at radius 3 is 2.44 bits per heavy atom. The van der Waals surface area contributed by atoms with Crippen molar-refractivity contribution in [2.24, 2.45) is 0 Å². The second-order valence-electron chi connectivity index (χ2n) is 3.66. The van der Waals surface area contributed by atoms with E-state index in [-0.39, 0.29) is 12.3 Å². The summed E-state index contributed by atoms with van der Waals surface area (Å²) in [6, 6.07) is 0. The molecular weight excluding hydrogens is 444 g/mol. The van der Waals surface area contributed by atoms with Crippen LogP contribution in [0.25, 0.3) is 0 Å². The Morgan fingerprint density at radius 2 is 2.00 bits per heavy atom. The zero-order valence-corrected chi connectivity index (χ0v) is 13.9. The molecule has 1 fully saturated rings. The minimum absolute atomic E-state index is 0.0316. The molecule has 0 bridgehead atoms. The van der Waals surface area contributed by atoms with Gasteiger partial charge in [-0.25, -0.2) is 0 Å². The van der Waals surface area contributed by atoms with Crippen molar-refractivity contribution in [3.63, 3.8) is 0 Å². The number of carbonyl (C=O) groups excluding carboxylic acids is 2. The molecule has 16 heavy (non-hydrogen) atoms. The first kappa shape index (κ1) is 14.5. The van der Waals surface area contributed by atoms with E-state index in [1.54, 1.807) is 9.86 Å². The Morgan fingerprint density at radius 1 is 1.44 bits per heavy atom. The van der Waals surface area contributed by atoms with Gasteiger partial charge in [0.1, 0.15) is 0 Å². The van der Waals surface area contributed by atoms with Crippen molar-refractivity contribution in [1.29, 1.82) is 0 Å². The number of imide groups is 1. The summed E-state index contributed by atoms with van der Waals surface area (Å²) in [7, 11) is 0. The van der Waals surface area contributed by atoms with Gasteiger partial charge in [-0.15, -0.1) is 0 Å². The second-order valence-corrected chi connectivity index (χ2v) is 14.7. The van der Waals surface area contributed by atoms with Crippen LogP contribution in [0.2, 0.25) is 0 Å². The molecule has 1 aliphatic heterocycles. The predicted molar refractivity (Wildman–Crippen MR) is 62.4 cm³/mol. The maximum atomic E-state index is 11.7. The molecule has 1 N–H and O–H groups in total. The molecule has 2 amide bonds.